The van der Waals surface area contributed by atoms with Crippen molar-refractivity contribution in [2.75, 3.05) is 0 Å². The number of nitrogens with one attached hydrogen (secondary N) is 1. The van der Waals surface area contributed by atoms with Crippen LogP contribution in [0.15, 0.2) is 43.0 Å². The summed E-state index contributed by atoms with van der Waals surface area (Å²) in [6, 6.07) is 9.85. The van der Waals surface area contributed by atoms with Crippen molar-refractivity contribution in [3.63, 3.8) is 0 Å². The number of fused-ring (bicyclic) bond motifs is 1. The molecule has 0 bridgehead atoms. The molecule has 2 aromatic rings. The number of aliphatic hydroxyl groups excluding tert-OH is 1. The Morgan fingerprint density at radius 3 is 2.85 bits per heavy atom. The minimum atomic E-state index is -0.604. The molecule has 1 heterocycles. The van der Waals surface area contributed by atoms with Crippen molar-refractivity contribution < 1.29 is 5.11 Å². The van der Waals surface area contributed by atoms with Gasteiger partial charge in [-0.25, -0.2) is 0 Å². The van der Waals surface area contributed by atoms with Crippen LogP contribution in [0.3, 0.4) is 0 Å². The van der Waals surface area contributed by atoms with Crippen molar-refractivity contribution in [3.8, 4) is 0 Å². The molecule has 0 aliphatic rings. The van der Waals surface area contributed by atoms with Crippen molar-refractivity contribution in [1.29, 1.82) is 0 Å². The number of aromatic nitrogens is 1. The molecule has 0 amide bonds. The first-order valence-electron chi connectivity index (χ1n) is 4.19. The van der Waals surface area contributed by atoms with E-state index in [0.29, 0.717) is 0 Å². The minimum absolute atomic E-state index is 0.604. The first kappa shape index (κ1) is 8.08. The summed E-state index contributed by atoms with van der Waals surface area (Å²) < 4.78 is 0. The first-order valence-corrected chi connectivity index (χ1v) is 4.19. The number of rotatable bonds is 2. The molecular formula is C11H11NO. The van der Waals surface area contributed by atoms with Gasteiger partial charge in [0.15, 0.2) is 0 Å². The summed E-state index contributed by atoms with van der Waals surface area (Å²) in [5, 5.41) is 10.6. The van der Waals surface area contributed by atoms with E-state index in [1.807, 2.05) is 30.3 Å². The van der Waals surface area contributed by atoms with Crippen LogP contribution < -0.4 is 0 Å². The average molecular weight is 173 g/mol. The van der Waals surface area contributed by atoms with Crippen LogP contribution in [-0.4, -0.2) is 10.1 Å². The fourth-order valence-corrected chi connectivity index (χ4v) is 1.38. The summed E-state index contributed by atoms with van der Waals surface area (Å²) in [6.45, 7) is 3.54. The average Bonchev–Trinajstić information content (AvgIpc) is 2.59. The van der Waals surface area contributed by atoms with Gasteiger partial charge in [-0.3, -0.25) is 0 Å². The summed E-state index contributed by atoms with van der Waals surface area (Å²) in [4.78, 5) is 3.12. The summed E-state index contributed by atoms with van der Waals surface area (Å²) in [7, 11) is 0. The van der Waals surface area contributed by atoms with Crippen LogP contribution in [0, 0.1) is 0 Å². The van der Waals surface area contributed by atoms with E-state index < -0.39 is 6.10 Å². The molecule has 0 fully saturated rings. The van der Waals surface area contributed by atoms with Gasteiger partial charge in [0.25, 0.3) is 0 Å². The lowest BCUT2D eigenvalue weighted by molar-refractivity contribution is 0.225. The Morgan fingerprint density at radius 2 is 2.15 bits per heavy atom. The number of hydrogen-bond acceptors (Lipinski definition) is 1. The Balaban J connectivity index is 2.55. The normalized spacial score (nSPS) is 13.0. The lowest BCUT2D eigenvalue weighted by Gasteiger charge is -1.99. The Labute approximate surface area is 76.5 Å². The summed E-state index contributed by atoms with van der Waals surface area (Å²) in [5.74, 6) is 0. The SMILES string of the molecule is C=CC(O)c1cc2ccccc2[nH]1. The predicted octanol–water partition coefficient (Wildman–Crippen LogP) is 2.39. The highest BCUT2D eigenvalue weighted by Gasteiger charge is 2.05. The van der Waals surface area contributed by atoms with Crippen LogP contribution in [-0.2, 0) is 0 Å². The van der Waals surface area contributed by atoms with Crippen LogP contribution in [0.25, 0.3) is 10.9 Å². The van der Waals surface area contributed by atoms with Crippen molar-refractivity contribution in [3.05, 3.63) is 48.7 Å². The highest BCUT2D eigenvalue weighted by atomic mass is 16.3. The molecule has 1 aromatic heterocycles. The molecule has 0 radical (unpaired) electrons. The van der Waals surface area contributed by atoms with Crippen molar-refractivity contribution >= 4 is 10.9 Å². The molecule has 0 spiro atoms. The second-order valence-corrected chi connectivity index (χ2v) is 2.99. The highest BCUT2D eigenvalue weighted by molar-refractivity contribution is 5.80. The monoisotopic (exact) mass is 173 g/mol. The lowest BCUT2D eigenvalue weighted by Crippen LogP contribution is -1.91. The van der Waals surface area contributed by atoms with E-state index in [-0.39, 0.29) is 0 Å². The predicted molar refractivity (Wildman–Crippen MR) is 53.5 cm³/mol. The number of H-pyrrole nitrogens is 1. The van der Waals surface area contributed by atoms with Gasteiger partial charge >= 0.3 is 0 Å². The van der Waals surface area contributed by atoms with Gasteiger partial charge in [0.05, 0.1) is 0 Å². The van der Waals surface area contributed by atoms with E-state index >= 15 is 0 Å². The van der Waals surface area contributed by atoms with E-state index in [1.165, 1.54) is 6.08 Å². The molecule has 2 rings (SSSR count). The topological polar surface area (TPSA) is 36.0 Å². The van der Waals surface area contributed by atoms with Crippen molar-refractivity contribution in [2.24, 2.45) is 0 Å². The van der Waals surface area contributed by atoms with Crippen LogP contribution in [0.5, 0.6) is 0 Å². The molecule has 0 saturated heterocycles. The quantitative estimate of drug-likeness (QED) is 0.672. The lowest BCUT2D eigenvalue weighted by atomic mass is 10.2. The molecule has 0 saturated carbocycles. The van der Waals surface area contributed by atoms with Crippen LogP contribution in [0.2, 0.25) is 0 Å². The number of benzene rings is 1. The molecule has 2 heteroatoms. The zero-order chi connectivity index (χ0) is 9.26. The standard InChI is InChI=1S/C11H11NO/c1-2-11(13)10-7-8-5-3-4-6-9(8)12-10/h2-7,11-13H,1H2. The molecule has 2 N–H and O–H groups in total. The van der Waals surface area contributed by atoms with Gasteiger partial charge in [0.2, 0.25) is 0 Å². The number of hydrogen-bond donors (Lipinski definition) is 2. The van der Waals surface area contributed by atoms with Gasteiger partial charge in [0, 0.05) is 11.2 Å². The van der Waals surface area contributed by atoms with E-state index in [1.54, 1.807) is 0 Å². The second kappa shape index (κ2) is 3.07. The highest BCUT2D eigenvalue weighted by Crippen LogP contribution is 2.19. The molecule has 1 atom stereocenters. The zero-order valence-corrected chi connectivity index (χ0v) is 7.20. The third kappa shape index (κ3) is 1.36. The Bertz CT molecular complexity index is 397. The van der Waals surface area contributed by atoms with Gasteiger partial charge in [-0.2, -0.15) is 0 Å². The number of aliphatic hydroxyl groups is 1. The largest absolute Gasteiger partial charge is 0.383 e. The van der Waals surface area contributed by atoms with Crippen LogP contribution in [0.4, 0.5) is 0 Å². The smallest absolute Gasteiger partial charge is 0.112 e. The third-order valence-electron chi connectivity index (χ3n) is 2.09. The van der Waals surface area contributed by atoms with Crippen molar-refractivity contribution in [1.82, 2.24) is 4.98 Å². The van der Waals surface area contributed by atoms with E-state index in [0.717, 1.165) is 16.6 Å². The Hall–Kier alpha value is -1.54. The maximum Gasteiger partial charge on any atom is 0.112 e. The Kier molecular flexibility index (Phi) is 1.91. The van der Waals surface area contributed by atoms with Gasteiger partial charge in [0.1, 0.15) is 6.10 Å². The molecule has 2 nitrogen and oxygen atoms in total. The summed E-state index contributed by atoms with van der Waals surface area (Å²) >= 11 is 0. The first-order chi connectivity index (χ1) is 6.31. The molecular weight excluding hydrogens is 162 g/mol. The maximum absolute atomic E-state index is 9.48. The number of aromatic amines is 1. The summed E-state index contributed by atoms with van der Waals surface area (Å²) in [6.07, 6.45) is 0.900. The van der Waals surface area contributed by atoms with Crippen molar-refractivity contribution in [2.45, 2.75) is 6.10 Å². The van der Waals surface area contributed by atoms with Gasteiger partial charge in [-0.1, -0.05) is 24.3 Å². The molecule has 66 valence electrons. The minimum Gasteiger partial charge on any atom is -0.383 e. The molecule has 13 heavy (non-hydrogen) atoms. The second-order valence-electron chi connectivity index (χ2n) is 2.99. The van der Waals surface area contributed by atoms with Crippen LogP contribution in [0.1, 0.15) is 11.8 Å². The fourth-order valence-electron chi connectivity index (χ4n) is 1.38. The van der Waals surface area contributed by atoms with Gasteiger partial charge < -0.3 is 10.1 Å². The molecule has 0 aliphatic heterocycles. The molecule has 1 unspecified atom stereocenters. The Morgan fingerprint density at radius 1 is 1.38 bits per heavy atom. The maximum atomic E-state index is 9.48. The molecule has 1 aromatic carbocycles. The number of para-hydroxylation sites is 1. The zero-order valence-electron chi connectivity index (χ0n) is 7.20. The summed E-state index contributed by atoms with van der Waals surface area (Å²) in [5.41, 5.74) is 1.83. The van der Waals surface area contributed by atoms with E-state index in [9.17, 15) is 5.11 Å². The van der Waals surface area contributed by atoms with Gasteiger partial charge in [-0.05, 0) is 17.5 Å². The van der Waals surface area contributed by atoms with Gasteiger partial charge in [-0.15, -0.1) is 6.58 Å². The van der Waals surface area contributed by atoms with E-state index in [2.05, 4.69) is 11.6 Å². The van der Waals surface area contributed by atoms with E-state index in [4.69, 9.17) is 0 Å². The third-order valence-corrected chi connectivity index (χ3v) is 2.09. The van der Waals surface area contributed by atoms with Crippen LogP contribution >= 0.6 is 0 Å². The molecule has 0 aliphatic carbocycles. The fraction of sp³-hybridized carbons (Fsp3) is 0.0909.